The Kier molecular flexibility index (Phi) is 28.5. The van der Waals surface area contributed by atoms with Crippen LogP contribution in [0.4, 0.5) is 0 Å². The van der Waals surface area contributed by atoms with Crippen LogP contribution in [0.5, 0.6) is 0 Å². The Morgan fingerprint density at radius 2 is 1.15 bits per heavy atom. The van der Waals surface area contributed by atoms with E-state index in [4.69, 9.17) is 18.7 Å². The maximum absolute atomic E-state index is 11.7. The smallest absolute Gasteiger partial charge is 0.790 e. The summed E-state index contributed by atoms with van der Waals surface area (Å²) in [5, 5.41) is 31.0. The molecular weight excluding hydrogens is 761 g/mol. The monoisotopic (exact) mass is 783 g/mol. The minimum atomic E-state index is -6.04. The third-order valence-corrected chi connectivity index (χ3v) is 7.71. The van der Waals surface area contributed by atoms with Gasteiger partial charge in [0.15, 0.2) is 12.5 Å². The minimum absolute atomic E-state index is 0. The minimum Gasteiger partial charge on any atom is -0.790 e. The Labute approximate surface area is 400 Å². The molecule has 232 valence electrons. The van der Waals surface area contributed by atoms with Gasteiger partial charge in [0.2, 0.25) is 0 Å². The van der Waals surface area contributed by atoms with Gasteiger partial charge in [-0.1, -0.05) is 18.2 Å². The maximum Gasteiger partial charge on any atom is 1.00 e. The van der Waals surface area contributed by atoms with E-state index in [0.717, 1.165) is 0 Å². The summed E-state index contributed by atoms with van der Waals surface area (Å²) in [6.45, 7) is -2.11. The van der Waals surface area contributed by atoms with E-state index in [1.165, 1.54) is 10.8 Å². The molecule has 0 amide bonds. The quantitative estimate of drug-likeness (QED) is 0.141. The summed E-state index contributed by atoms with van der Waals surface area (Å²) in [7, 11) is -17.8. The van der Waals surface area contributed by atoms with Crippen molar-refractivity contribution in [1.82, 2.24) is 4.57 Å². The van der Waals surface area contributed by atoms with Crippen LogP contribution in [0.25, 0.3) is 10.9 Å². The number of fused-ring (bicyclic) bond motifs is 1. The zero-order valence-corrected chi connectivity index (χ0v) is 41.0. The molecule has 1 aromatic heterocycles. The van der Waals surface area contributed by atoms with Crippen LogP contribution in [0.15, 0.2) is 36.5 Å². The molecule has 0 unspecified atom stereocenters. The molecule has 9 atom stereocenters. The second-order valence-corrected chi connectivity index (χ2v) is 12.2. The van der Waals surface area contributed by atoms with Crippen LogP contribution < -0.4 is 207 Å². The standard InChI is InChI=1S/C19H28NO18P3.6Na/c21-7-11-14(17(38-41(30,31)32)18(33-11)20-6-5-9-3-1-2-4-10(9)20)35-19-13(23)16(37-40(27,28)29)15(12(8-22)34-19)36-39(24,25)26;;;;;;/h1-6,11-19,21-23H,7-8H2,(H2,24,25,26)(H2,27,28,29)(H2,30,31,32);;;;;;/q;6*+1/p-6/t11-,12-,13-,14-,15-,16-,17-,18-,19-;;;;;;/m1....../s1. The third kappa shape index (κ3) is 15.7. The summed E-state index contributed by atoms with van der Waals surface area (Å²) in [5.41, 5.74) is 0.471. The Morgan fingerprint density at radius 1 is 0.681 bits per heavy atom. The second-order valence-electron chi connectivity index (χ2n) is 8.90. The molecule has 2 aromatic rings. The van der Waals surface area contributed by atoms with Crippen LogP contribution in [-0.2, 0) is 41.5 Å². The van der Waals surface area contributed by atoms with Crippen molar-refractivity contribution in [2.45, 2.75) is 55.2 Å². The van der Waals surface area contributed by atoms with Crippen molar-refractivity contribution in [1.29, 1.82) is 0 Å². The number of aliphatic hydroxyl groups is 3. The molecule has 0 spiro atoms. The summed E-state index contributed by atoms with van der Waals surface area (Å²) >= 11 is 0. The first-order valence-corrected chi connectivity index (χ1v) is 15.9. The number of hydrogen-bond donors (Lipinski definition) is 3. The number of nitrogens with zero attached hydrogens (tertiary/aromatic N) is 1. The number of phosphoric acid groups is 3. The summed E-state index contributed by atoms with van der Waals surface area (Å²) in [5.74, 6) is 0. The SMILES string of the molecule is O=P([O-])([O-])O[C@@H]1[C@@H](O)[C@@H](O[C@H]2[C@@H](OP(=O)([O-])[O-])[C@H](n3ccc4ccccc43)O[C@@H]2CO)O[C@H](CO)[C@H]1OP(=O)([O-])[O-].[Na+].[Na+].[Na+].[Na+].[Na+].[Na+]. The van der Waals surface area contributed by atoms with Crippen LogP contribution in [0.1, 0.15) is 6.23 Å². The van der Waals surface area contributed by atoms with Crippen LogP contribution in [0.3, 0.4) is 0 Å². The van der Waals surface area contributed by atoms with Crippen molar-refractivity contribution in [2.75, 3.05) is 13.2 Å². The predicted octanol–water partition coefficient (Wildman–Crippen LogP) is -23.3. The first-order chi connectivity index (χ1) is 19.0. The molecule has 0 bridgehead atoms. The van der Waals surface area contributed by atoms with E-state index in [-0.39, 0.29) is 177 Å². The molecule has 4 rings (SSSR count). The molecular formula is C19H22NNa6O18P3. The Balaban J connectivity index is -0.00000323. The normalized spacial score (nSPS) is 29.2. The number of aromatic nitrogens is 1. The van der Waals surface area contributed by atoms with Gasteiger partial charge in [0.25, 0.3) is 0 Å². The van der Waals surface area contributed by atoms with E-state index in [0.29, 0.717) is 10.9 Å². The number of hydrogen-bond acceptors (Lipinski definition) is 18. The molecule has 0 aliphatic carbocycles. The average molecular weight is 783 g/mol. The fourth-order valence-corrected chi connectivity index (χ4v) is 6.30. The first kappa shape index (κ1) is 56.2. The van der Waals surface area contributed by atoms with Crippen molar-refractivity contribution in [2.24, 2.45) is 0 Å². The van der Waals surface area contributed by atoms with Gasteiger partial charge in [-0.05, 0) is 17.5 Å². The van der Waals surface area contributed by atoms with E-state index in [2.05, 4.69) is 9.05 Å². The van der Waals surface area contributed by atoms with E-state index < -0.39 is 91.9 Å². The number of para-hydroxylation sites is 1. The summed E-state index contributed by atoms with van der Waals surface area (Å²) < 4.78 is 65.2. The van der Waals surface area contributed by atoms with Crippen LogP contribution in [0.2, 0.25) is 0 Å². The Bertz CT molecular complexity index is 1360. The molecule has 2 aliphatic rings. The molecule has 0 saturated carbocycles. The average Bonchev–Trinajstić information content (AvgIpc) is 3.41. The topological polar surface area (TPSA) is 311 Å². The van der Waals surface area contributed by atoms with Crippen LogP contribution in [-0.4, -0.2) is 82.1 Å². The summed E-state index contributed by atoms with van der Waals surface area (Å²) in [6, 6.07) is 8.28. The van der Waals surface area contributed by atoms with Crippen molar-refractivity contribution in [3.05, 3.63) is 36.5 Å². The van der Waals surface area contributed by atoms with Gasteiger partial charge in [-0.15, -0.1) is 0 Å². The summed E-state index contributed by atoms with van der Waals surface area (Å²) in [6.07, 6.45) is -16.7. The Hall–Kier alpha value is 4.85. The van der Waals surface area contributed by atoms with E-state index >= 15 is 0 Å². The van der Waals surface area contributed by atoms with E-state index in [1.807, 2.05) is 0 Å². The van der Waals surface area contributed by atoms with Gasteiger partial charge in [0.1, 0.15) is 42.7 Å². The zero-order valence-electron chi connectivity index (χ0n) is 26.3. The number of aliphatic hydroxyl groups excluding tert-OH is 3. The van der Waals surface area contributed by atoms with Crippen molar-refractivity contribution in [3.63, 3.8) is 0 Å². The largest absolute Gasteiger partial charge is 1.00 e. The number of phosphoric ester groups is 3. The molecule has 47 heavy (non-hydrogen) atoms. The molecule has 3 heterocycles. The number of benzene rings is 1. The van der Waals surface area contributed by atoms with Gasteiger partial charge in [0.05, 0.1) is 42.2 Å². The fourth-order valence-electron chi connectivity index (χ4n) is 4.68. The Morgan fingerprint density at radius 3 is 1.66 bits per heavy atom. The first-order valence-electron chi connectivity index (χ1n) is 11.5. The maximum atomic E-state index is 11.7. The van der Waals surface area contributed by atoms with Crippen LogP contribution >= 0.6 is 23.5 Å². The van der Waals surface area contributed by atoms with Gasteiger partial charge < -0.3 is 90.7 Å². The van der Waals surface area contributed by atoms with Crippen molar-refractivity contribution in [3.8, 4) is 0 Å². The zero-order chi connectivity index (χ0) is 30.3. The van der Waals surface area contributed by atoms with Gasteiger partial charge in [0, 0.05) is 6.20 Å². The molecule has 2 fully saturated rings. The van der Waals surface area contributed by atoms with Gasteiger partial charge in [-0.25, -0.2) is 0 Å². The van der Waals surface area contributed by atoms with E-state index in [9.17, 15) is 58.4 Å². The molecule has 28 heteroatoms. The molecule has 2 aliphatic heterocycles. The fraction of sp³-hybridized carbons (Fsp3) is 0.579. The second kappa shape index (κ2) is 23.8. The van der Waals surface area contributed by atoms with Gasteiger partial charge in [-0.2, -0.15) is 0 Å². The molecule has 1 aromatic carbocycles. The number of rotatable bonds is 11. The number of ether oxygens (including phenoxy) is 3. The van der Waals surface area contributed by atoms with Crippen LogP contribution in [0, 0.1) is 0 Å². The third-order valence-electron chi connectivity index (χ3n) is 6.21. The summed E-state index contributed by atoms with van der Waals surface area (Å²) in [4.78, 5) is 68.4. The van der Waals surface area contributed by atoms with E-state index in [1.54, 1.807) is 30.3 Å². The molecule has 3 N–H and O–H groups in total. The molecule has 0 radical (unpaired) electrons. The molecule has 2 saturated heterocycles. The van der Waals surface area contributed by atoms with Gasteiger partial charge >= 0.3 is 177 Å². The van der Waals surface area contributed by atoms with Crippen molar-refractivity contribution >= 4 is 34.4 Å². The van der Waals surface area contributed by atoms with Crippen molar-refractivity contribution < 1.29 is 264 Å². The predicted molar refractivity (Wildman–Crippen MR) is 117 cm³/mol. The van der Waals surface area contributed by atoms with Gasteiger partial charge in [-0.3, -0.25) is 0 Å². The molecule has 19 nitrogen and oxygen atoms in total.